The van der Waals surface area contributed by atoms with E-state index in [0.717, 1.165) is 22.9 Å². The molecule has 0 unspecified atom stereocenters. The van der Waals surface area contributed by atoms with Crippen LogP contribution in [0.5, 0.6) is 5.75 Å². The number of phenolic OH excluding ortho intramolecular Hbond substituents is 1. The number of benzene rings is 2. The molecule has 2 aromatic rings. The smallest absolute Gasteiger partial charge is 0.259 e. The molecule has 0 aliphatic heterocycles. The molecule has 0 fully saturated rings. The molecular weight excluding hydrogens is 286 g/mol. The molecule has 0 radical (unpaired) electrons. The fourth-order valence-electron chi connectivity index (χ4n) is 2.17. The Morgan fingerprint density at radius 1 is 1.17 bits per heavy atom. The SMILES string of the molecule is C/C=C\C(=C/CC)NC(=O)c1cc2ccccc2cc1O.CC. The van der Waals surface area contributed by atoms with Crippen molar-refractivity contribution < 1.29 is 9.90 Å². The largest absolute Gasteiger partial charge is 0.507 e. The van der Waals surface area contributed by atoms with Crippen molar-refractivity contribution in [3.05, 3.63) is 65.9 Å². The van der Waals surface area contributed by atoms with E-state index in [1.807, 2.05) is 70.2 Å². The fraction of sp³-hybridized carbons (Fsp3) is 0.250. The second-order valence-electron chi connectivity index (χ2n) is 4.74. The Kier molecular flexibility index (Phi) is 7.61. The van der Waals surface area contributed by atoms with E-state index in [1.54, 1.807) is 12.1 Å². The van der Waals surface area contributed by atoms with E-state index in [0.29, 0.717) is 0 Å². The molecule has 2 N–H and O–H groups in total. The maximum atomic E-state index is 12.3. The van der Waals surface area contributed by atoms with Crippen LogP contribution in [0.4, 0.5) is 0 Å². The average molecular weight is 311 g/mol. The third kappa shape index (κ3) is 4.99. The lowest BCUT2D eigenvalue weighted by Gasteiger charge is -2.09. The number of nitrogens with one attached hydrogen (secondary N) is 1. The molecule has 0 aliphatic carbocycles. The summed E-state index contributed by atoms with van der Waals surface area (Å²) >= 11 is 0. The van der Waals surface area contributed by atoms with Gasteiger partial charge in [0.25, 0.3) is 5.91 Å². The number of hydrogen-bond acceptors (Lipinski definition) is 2. The zero-order valence-electron chi connectivity index (χ0n) is 14.3. The summed E-state index contributed by atoms with van der Waals surface area (Å²) in [5.74, 6) is -0.321. The number of phenols is 1. The third-order valence-corrected chi connectivity index (χ3v) is 3.14. The summed E-state index contributed by atoms with van der Waals surface area (Å²) in [6, 6.07) is 10.9. The molecule has 0 bridgehead atoms. The normalized spacial score (nSPS) is 11.2. The summed E-state index contributed by atoms with van der Waals surface area (Å²) in [6.07, 6.45) is 6.45. The minimum atomic E-state index is -0.309. The summed E-state index contributed by atoms with van der Waals surface area (Å²) in [6.45, 7) is 7.90. The van der Waals surface area contributed by atoms with Crippen LogP contribution in [-0.4, -0.2) is 11.0 Å². The minimum absolute atomic E-state index is 0.0115. The highest BCUT2D eigenvalue weighted by Gasteiger charge is 2.12. The molecule has 122 valence electrons. The molecule has 0 saturated heterocycles. The molecule has 1 amide bonds. The van der Waals surface area contributed by atoms with Crippen molar-refractivity contribution in [1.82, 2.24) is 5.32 Å². The number of fused-ring (bicyclic) bond motifs is 1. The van der Waals surface area contributed by atoms with Crippen LogP contribution >= 0.6 is 0 Å². The van der Waals surface area contributed by atoms with Gasteiger partial charge in [-0.15, -0.1) is 0 Å². The maximum absolute atomic E-state index is 12.3. The Labute approximate surface area is 138 Å². The van der Waals surface area contributed by atoms with Gasteiger partial charge in [-0.1, -0.05) is 57.2 Å². The van der Waals surface area contributed by atoms with Crippen molar-refractivity contribution in [2.24, 2.45) is 0 Å². The number of hydrogen-bond donors (Lipinski definition) is 2. The topological polar surface area (TPSA) is 49.3 Å². The Morgan fingerprint density at radius 3 is 2.35 bits per heavy atom. The monoisotopic (exact) mass is 311 g/mol. The molecule has 0 atom stereocenters. The molecule has 0 aromatic heterocycles. The zero-order chi connectivity index (χ0) is 17.2. The first kappa shape index (κ1) is 18.5. The second-order valence-corrected chi connectivity index (χ2v) is 4.74. The Balaban J connectivity index is 0.00000127. The third-order valence-electron chi connectivity index (χ3n) is 3.14. The number of carbonyl (C=O) groups is 1. The highest BCUT2D eigenvalue weighted by Crippen LogP contribution is 2.25. The van der Waals surface area contributed by atoms with Crippen LogP contribution in [-0.2, 0) is 0 Å². The van der Waals surface area contributed by atoms with E-state index in [2.05, 4.69) is 5.32 Å². The molecule has 2 aromatic carbocycles. The van der Waals surface area contributed by atoms with Gasteiger partial charge in [0.2, 0.25) is 0 Å². The van der Waals surface area contributed by atoms with Crippen LogP contribution < -0.4 is 5.32 Å². The standard InChI is InChI=1S/C18H19NO2.C2H6/c1-3-7-15(8-4-2)19-18(21)16-11-13-9-5-6-10-14(13)12-17(16)20;1-2/h3,5-12,20H,4H2,1-2H3,(H,19,21);1-2H3/b7-3-,15-8+;. The van der Waals surface area contributed by atoms with Crippen LogP contribution in [0.2, 0.25) is 0 Å². The van der Waals surface area contributed by atoms with E-state index < -0.39 is 0 Å². The summed E-state index contributed by atoms with van der Waals surface area (Å²) in [4.78, 5) is 12.3. The zero-order valence-corrected chi connectivity index (χ0v) is 14.3. The van der Waals surface area contributed by atoms with Gasteiger partial charge < -0.3 is 10.4 Å². The van der Waals surface area contributed by atoms with E-state index in [9.17, 15) is 9.90 Å². The first-order valence-electron chi connectivity index (χ1n) is 8.01. The van der Waals surface area contributed by atoms with Gasteiger partial charge in [0, 0.05) is 5.70 Å². The molecule has 0 spiro atoms. The van der Waals surface area contributed by atoms with Crippen molar-refractivity contribution in [1.29, 1.82) is 0 Å². The van der Waals surface area contributed by atoms with Crippen molar-refractivity contribution in [2.75, 3.05) is 0 Å². The number of carbonyl (C=O) groups excluding carboxylic acids is 1. The first-order chi connectivity index (χ1) is 11.2. The lowest BCUT2D eigenvalue weighted by atomic mass is 10.1. The van der Waals surface area contributed by atoms with Gasteiger partial charge in [-0.3, -0.25) is 4.79 Å². The molecule has 23 heavy (non-hydrogen) atoms. The van der Waals surface area contributed by atoms with E-state index >= 15 is 0 Å². The predicted molar refractivity (Wildman–Crippen MR) is 97.6 cm³/mol. The van der Waals surface area contributed by atoms with Crippen molar-refractivity contribution >= 4 is 16.7 Å². The van der Waals surface area contributed by atoms with Crippen molar-refractivity contribution in [2.45, 2.75) is 34.1 Å². The Morgan fingerprint density at radius 2 is 1.78 bits per heavy atom. The highest BCUT2D eigenvalue weighted by atomic mass is 16.3. The van der Waals surface area contributed by atoms with Gasteiger partial charge in [-0.2, -0.15) is 0 Å². The lowest BCUT2D eigenvalue weighted by Crippen LogP contribution is -2.22. The lowest BCUT2D eigenvalue weighted by molar-refractivity contribution is 0.0964. The van der Waals surface area contributed by atoms with Crippen LogP contribution in [0.25, 0.3) is 10.8 Å². The number of amides is 1. The van der Waals surface area contributed by atoms with Gasteiger partial charge in [0.05, 0.1) is 5.56 Å². The number of rotatable bonds is 4. The molecule has 3 nitrogen and oxygen atoms in total. The Hall–Kier alpha value is -2.55. The number of aromatic hydroxyl groups is 1. The summed E-state index contributed by atoms with van der Waals surface area (Å²) in [7, 11) is 0. The molecule has 2 rings (SSSR count). The number of allylic oxidation sites excluding steroid dienone is 3. The van der Waals surface area contributed by atoms with Gasteiger partial charge in [-0.05, 0) is 42.3 Å². The summed E-state index contributed by atoms with van der Waals surface area (Å²) in [5, 5.41) is 14.7. The van der Waals surface area contributed by atoms with Crippen molar-refractivity contribution in [3.63, 3.8) is 0 Å². The maximum Gasteiger partial charge on any atom is 0.259 e. The second kappa shape index (κ2) is 9.46. The van der Waals surface area contributed by atoms with E-state index in [1.165, 1.54) is 0 Å². The molecule has 3 heteroatoms. The molecule has 0 heterocycles. The van der Waals surface area contributed by atoms with E-state index in [4.69, 9.17) is 0 Å². The van der Waals surface area contributed by atoms with Gasteiger partial charge in [0.1, 0.15) is 5.75 Å². The Bertz CT molecular complexity index is 715. The van der Waals surface area contributed by atoms with Crippen molar-refractivity contribution in [3.8, 4) is 5.75 Å². The summed E-state index contributed by atoms with van der Waals surface area (Å²) < 4.78 is 0. The summed E-state index contributed by atoms with van der Waals surface area (Å²) in [5.41, 5.74) is 1.01. The molecular formula is C20H25NO2. The minimum Gasteiger partial charge on any atom is -0.507 e. The quantitative estimate of drug-likeness (QED) is 0.765. The first-order valence-corrected chi connectivity index (χ1v) is 8.01. The van der Waals surface area contributed by atoms with Crippen LogP contribution in [0.3, 0.4) is 0 Å². The van der Waals surface area contributed by atoms with E-state index in [-0.39, 0.29) is 17.2 Å². The van der Waals surface area contributed by atoms with Crippen LogP contribution in [0, 0.1) is 0 Å². The van der Waals surface area contributed by atoms with Gasteiger partial charge in [0.15, 0.2) is 0 Å². The van der Waals surface area contributed by atoms with Gasteiger partial charge in [-0.25, -0.2) is 0 Å². The van der Waals surface area contributed by atoms with Gasteiger partial charge >= 0.3 is 0 Å². The average Bonchev–Trinajstić information content (AvgIpc) is 2.56. The predicted octanol–water partition coefficient (Wildman–Crippen LogP) is 5.17. The molecule has 0 aliphatic rings. The highest BCUT2D eigenvalue weighted by molar-refractivity contribution is 6.02. The fourth-order valence-corrected chi connectivity index (χ4v) is 2.17. The van der Waals surface area contributed by atoms with Crippen LogP contribution in [0.15, 0.2) is 60.3 Å². The molecule has 0 saturated carbocycles. The van der Waals surface area contributed by atoms with Crippen LogP contribution in [0.1, 0.15) is 44.5 Å².